The van der Waals surface area contributed by atoms with Crippen molar-refractivity contribution in [3.8, 4) is 11.1 Å². The summed E-state index contributed by atoms with van der Waals surface area (Å²) in [5.41, 5.74) is 9.97. The molecule has 3 aromatic heterocycles. The number of nitrogens with zero attached hydrogens (tertiary/aromatic N) is 4. The number of rotatable bonds is 1. The summed E-state index contributed by atoms with van der Waals surface area (Å²) in [5, 5.41) is 0. The highest BCUT2D eigenvalue weighted by Crippen LogP contribution is 2.31. The highest BCUT2D eigenvalue weighted by molar-refractivity contribution is 9.08. The highest BCUT2D eigenvalue weighted by atomic mass is 79.9. The van der Waals surface area contributed by atoms with E-state index in [0.29, 0.717) is 0 Å². The lowest BCUT2D eigenvalue weighted by atomic mass is 10.1. The molecule has 0 radical (unpaired) electrons. The largest absolute Gasteiger partial charge is 0.277 e. The normalized spacial score (nSPS) is 12.4. The first-order chi connectivity index (χ1) is 15.6. The van der Waals surface area contributed by atoms with E-state index in [2.05, 4.69) is 99.0 Å². The number of aromatic nitrogens is 4. The summed E-state index contributed by atoms with van der Waals surface area (Å²) in [6.07, 6.45) is 8.15. The van der Waals surface area contributed by atoms with Gasteiger partial charge in [-0.1, -0.05) is 30.3 Å². The SMILES string of the molecule is Brn1c2ccc1cc1nc(cc3c(-c4ccccc4)cc(cc4nc(c2)C=C4)n3Br)C=C1. The van der Waals surface area contributed by atoms with E-state index in [9.17, 15) is 0 Å². The number of hydrogen-bond donors (Lipinski definition) is 0. The first-order valence-corrected chi connectivity index (χ1v) is 11.6. The van der Waals surface area contributed by atoms with Crippen LogP contribution in [0.1, 0.15) is 22.8 Å². The summed E-state index contributed by atoms with van der Waals surface area (Å²) in [4.78, 5) is 9.61. The highest BCUT2D eigenvalue weighted by Gasteiger charge is 2.10. The molecule has 2 aliphatic rings. The molecule has 2 aliphatic heterocycles. The van der Waals surface area contributed by atoms with Crippen LogP contribution in [0.3, 0.4) is 0 Å². The summed E-state index contributed by atoms with van der Waals surface area (Å²) >= 11 is 7.44. The number of fused-ring (bicyclic) bond motifs is 8. The van der Waals surface area contributed by atoms with Gasteiger partial charge in [0.2, 0.25) is 0 Å². The second-order valence-corrected chi connectivity index (χ2v) is 9.06. The molecule has 0 atom stereocenters. The summed E-state index contributed by atoms with van der Waals surface area (Å²) < 4.78 is 3.99. The van der Waals surface area contributed by atoms with E-state index in [0.717, 1.165) is 56.0 Å². The third-order valence-electron chi connectivity index (χ3n) is 5.51. The molecular formula is C26H16Br2N4. The van der Waals surface area contributed by atoms with E-state index in [1.54, 1.807) is 0 Å². The Morgan fingerprint density at radius 3 is 1.66 bits per heavy atom. The lowest BCUT2D eigenvalue weighted by Gasteiger charge is -1.99. The van der Waals surface area contributed by atoms with Gasteiger partial charge in [-0.25, -0.2) is 9.97 Å². The van der Waals surface area contributed by atoms with Gasteiger partial charge in [-0.05, 0) is 72.3 Å². The minimum absolute atomic E-state index is 0.902. The quantitative estimate of drug-likeness (QED) is 0.214. The van der Waals surface area contributed by atoms with Gasteiger partial charge in [0.05, 0.1) is 77.1 Å². The molecule has 4 aromatic rings. The Morgan fingerprint density at radius 2 is 1.06 bits per heavy atom. The topological polar surface area (TPSA) is 35.6 Å². The molecule has 0 amide bonds. The third-order valence-corrected chi connectivity index (χ3v) is 7.12. The van der Waals surface area contributed by atoms with E-state index in [-0.39, 0.29) is 0 Å². The van der Waals surface area contributed by atoms with Crippen LogP contribution >= 0.6 is 32.3 Å². The molecule has 154 valence electrons. The zero-order valence-corrected chi connectivity index (χ0v) is 20.0. The maximum Gasteiger partial charge on any atom is 0.0658 e. The van der Waals surface area contributed by atoms with Gasteiger partial charge in [-0.3, -0.25) is 7.19 Å². The van der Waals surface area contributed by atoms with E-state index in [1.165, 1.54) is 0 Å². The van der Waals surface area contributed by atoms with Crippen molar-refractivity contribution < 1.29 is 0 Å². The number of halogens is 2. The van der Waals surface area contributed by atoms with Gasteiger partial charge in [0.1, 0.15) is 0 Å². The Labute approximate surface area is 201 Å². The minimum atomic E-state index is 0.902. The predicted molar refractivity (Wildman–Crippen MR) is 140 cm³/mol. The number of benzene rings is 1. The van der Waals surface area contributed by atoms with Crippen LogP contribution in [0.2, 0.25) is 0 Å². The second kappa shape index (κ2) is 7.73. The van der Waals surface area contributed by atoms with E-state index < -0.39 is 0 Å². The van der Waals surface area contributed by atoms with E-state index >= 15 is 0 Å². The summed E-state index contributed by atoms with van der Waals surface area (Å²) in [6.45, 7) is 0. The van der Waals surface area contributed by atoms with Crippen molar-refractivity contribution in [1.82, 2.24) is 17.2 Å². The average molecular weight is 544 g/mol. The molecule has 8 bridgehead atoms. The Kier molecular flexibility index (Phi) is 4.70. The predicted octanol–water partition coefficient (Wildman–Crippen LogP) is 7.59. The minimum Gasteiger partial charge on any atom is -0.277 e. The van der Waals surface area contributed by atoms with Gasteiger partial charge in [0, 0.05) is 5.56 Å². The van der Waals surface area contributed by atoms with Crippen molar-refractivity contribution in [2.45, 2.75) is 0 Å². The Bertz CT molecular complexity index is 1590. The summed E-state index contributed by atoms with van der Waals surface area (Å²) in [7, 11) is 0. The fraction of sp³-hybridized carbons (Fsp3) is 0. The second-order valence-electron chi connectivity index (χ2n) is 7.65. The fourth-order valence-electron chi connectivity index (χ4n) is 3.97. The van der Waals surface area contributed by atoms with Crippen LogP contribution in [0.4, 0.5) is 0 Å². The monoisotopic (exact) mass is 542 g/mol. The molecule has 6 heteroatoms. The van der Waals surface area contributed by atoms with Crippen LogP contribution in [-0.4, -0.2) is 17.2 Å². The Morgan fingerprint density at radius 1 is 0.531 bits per heavy atom. The maximum atomic E-state index is 4.82. The zero-order valence-electron chi connectivity index (χ0n) is 16.8. The van der Waals surface area contributed by atoms with Gasteiger partial charge in [-0.2, -0.15) is 0 Å². The van der Waals surface area contributed by atoms with Crippen LogP contribution in [0.5, 0.6) is 0 Å². The third kappa shape index (κ3) is 3.45. The molecular weight excluding hydrogens is 528 g/mol. The van der Waals surface area contributed by atoms with Crippen LogP contribution < -0.4 is 0 Å². The molecule has 32 heavy (non-hydrogen) atoms. The van der Waals surface area contributed by atoms with Gasteiger partial charge in [0.15, 0.2) is 0 Å². The van der Waals surface area contributed by atoms with Crippen molar-refractivity contribution >= 4 is 78.7 Å². The van der Waals surface area contributed by atoms with E-state index in [1.807, 2.05) is 37.6 Å². The van der Waals surface area contributed by atoms with Gasteiger partial charge < -0.3 is 0 Å². The van der Waals surface area contributed by atoms with Crippen molar-refractivity contribution in [1.29, 1.82) is 0 Å². The van der Waals surface area contributed by atoms with Crippen molar-refractivity contribution in [2.24, 2.45) is 0 Å². The first kappa shape index (κ1) is 19.5. The molecule has 0 saturated heterocycles. The van der Waals surface area contributed by atoms with Crippen molar-refractivity contribution in [2.75, 3.05) is 0 Å². The van der Waals surface area contributed by atoms with Crippen LogP contribution in [0.25, 0.3) is 57.5 Å². The number of hydrogen-bond acceptors (Lipinski definition) is 2. The molecule has 0 aliphatic carbocycles. The zero-order chi connectivity index (χ0) is 21.7. The smallest absolute Gasteiger partial charge is 0.0658 e. The Balaban J connectivity index is 1.74. The fourth-order valence-corrected chi connectivity index (χ4v) is 4.91. The van der Waals surface area contributed by atoms with Gasteiger partial charge in [-0.15, -0.1) is 0 Å². The van der Waals surface area contributed by atoms with Crippen LogP contribution in [0, 0.1) is 0 Å². The lowest BCUT2D eigenvalue weighted by Crippen LogP contribution is -1.82. The Hall–Kier alpha value is -3.22. The standard InChI is InChI=1S/C26H16Br2N4/c27-31-22-10-11-23(31)13-19-8-9-21(30-19)15-26-25(17-4-2-1-3-5-17)16-24(32(26)28)14-20-7-6-18(12-22)29-20/h1-16H. The van der Waals surface area contributed by atoms with E-state index in [4.69, 9.17) is 9.97 Å². The van der Waals surface area contributed by atoms with Crippen LogP contribution in [0.15, 0.2) is 72.8 Å². The van der Waals surface area contributed by atoms with Crippen molar-refractivity contribution in [3.63, 3.8) is 0 Å². The summed E-state index contributed by atoms with van der Waals surface area (Å²) in [5.74, 6) is 0. The van der Waals surface area contributed by atoms with Crippen LogP contribution in [-0.2, 0) is 0 Å². The molecule has 5 heterocycles. The lowest BCUT2D eigenvalue weighted by molar-refractivity contribution is 1.30. The molecule has 4 nitrogen and oxygen atoms in total. The molecule has 6 rings (SSSR count). The molecule has 0 unspecified atom stereocenters. The average Bonchev–Trinajstić information content (AvgIpc) is 3.57. The maximum absolute atomic E-state index is 4.82. The first-order valence-electron chi connectivity index (χ1n) is 10.2. The molecule has 0 saturated carbocycles. The summed E-state index contributed by atoms with van der Waals surface area (Å²) in [6, 6.07) is 25.0. The molecule has 0 fully saturated rings. The molecule has 1 aromatic carbocycles. The van der Waals surface area contributed by atoms with Gasteiger partial charge in [0.25, 0.3) is 0 Å². The molecule has 0 N–H and O–H groups in total. The van der Waals surface area contributed by atoms with Gasteiger partial charge >= 0.3 is 0 Å². The van der Waals surface area contributed by atoms with Crippen molar-refractivity contribution in [3.05, 3.63) is 95.6 Å². The molecule has 0 spiro atoms.